The van der Waals surface area contributed by atoms with Gasteiger partial charge >= 0.3 is 28.1 Å². The Balaban J connectivity index is 0.000000435. The van der Waals surface area contributed by atoms with Crippen LogP contribution in [0.25, 0.3) is 0 Å². The predicted molar refractivity (Wildman–Crippen MR) is 304 cm³/mol. The Morgan fingerprint density at radius 1 is 0.714 bits per heavy atom. The smallest absolute Gasteiger partial charge is 0.447 e. The van der Waals surface area contributed by atoms with Crippen LogP contribution in [0.1, 0.15) is 161 Å². The number of carbonyl (C=O) groups is 2. The van der Waals surface area contributed by atoms with Crippen molar-refractivity contribution in [3.63, 3.8) is 0 Å². The van der Waals surface area contributed by atoms with Crippen molar-refractivity contribution in [1.82, 2.24) is 10.6 Å². The average molecular weight is 983 g/mol. The van der Waals surface area contributed by atoms with Gasteiger partial charge in [0.2, 0.25) is 0 Å². The highest BCUT2D eigenvalue weighted by Crippen LogP contribution is 2.48. The van der Waals surface area contributed by atoms with Crippen LogP contribution >= 0.6 is 11.8 Å². The molecule has 3 aliphatic rings. The van der Waals surface area contributed by atoms with Crippen molar-refractivity contribution in [3.8, 4) is 0 Å². The Hall–Kier alpha value is -3.55. The van der Waals surface area contributed by atoms with Gasteiger partial charge < -0.3 is 40.8 Å². The van der Waals surface area contributed by atoms with E-state index >= 15 is 0 Å². The van der Waals surface area contributed by atoms with Gasteiger partial charge in [-0.15, -0.1) is 0 Å². The molecule has 386 valence electrons. The second-order valence-electron chi connectivity index (χ2n) is 20.9. The summed E-state index contributed by atoms with van der Waals surface area (Å²) in [4.78, 5) is 23.1. The minimum atomic E-state index is -1.60. The first-order valence-electron chi connectivity index (χ1n) is 25.7. The topological polar surface area (TPSA) is 180 Å². The summed E-state index contributed by atoms with van der Waals surface area (Å²) in [5.41, 5.74) is 6.05. The summed E-state index contributed by atoms with van der Waals surface area (Å²) in [5.74, 6) is 4.24. The fourth-order valence-electron chi connectivity index (χ4n) is 8.27. The summed E-state index contributed by atoms with van der Waals surface area (Å²) in [6, 6.07) is 19.6. The molecule has 0 spiro atoms. The van der Waals surface area contributed by atoms with Crippen LogP contribution in [0, 0.1) is 29.1 Å². The van der Waals surface area contributed by atoms with Gasteiger partial charge in [0.25, 0.3) is 5.91 Å². The molecule has 15 heteroatoms. The first kappa shape index (κ1) is 64.5. The molecule has 3 aromatic rings. The van der Waals surface area contributed by atoms with E-state index in [9.17, 15) is 19.6 Å². The summed E-state index contributed by atoms with van der Waals surface area (Å²) in [6.45, 7) is 33.7. The lowest BCUT2D eigenvalue weighted by molar-refractivity contribution is 0.0933. The number of hydrogen-bond acceptors (Lipinski definition) is 10. The number of allylic oxidation sites excluding steroid dienone is 3. The van der Waals surface area contributed by atoms with E-state index in [1.54, 1.807) is 74.3 Å². The third kappa shape index (κ3) is 23.3. The molecule has 8 N–H and O–H groups in total. The van der Waals surface area contributed by atoms with Gasteiger partial charge in [-0.1, -0.05) is 163 Å². The Bertz CT molecular complexity index is 1940. The average Bonchev–Trinajstić information content (AvgIpc) is 3.86. The van der Waals surface area contributed by atoms with Gasteiger partial charge in [-0.05, 0) is 121 Å². The molecule has 6 rings (SSSR count). The third-order valence-electron chi connectivity index (χ3n) is 12.4. The largest absolute Gasteiger partial charge is 0.488 e. The van der Waals surface area contributed by atoms with E-state index < -0.39 is 28.1 Å². The summed E-state index contributed by atoms with van der Waals surface area (Å²) in [6.07, 6.45) is 12.8. The number of Topliss-reactive ketones (excluding diaryl/α,β-unsaturated/α-hetero) is 1. The third-order valence-corrected chi connectivity index (χ3v) is 14.4. The van der Waals surface area contributed by atoms with Gasteiger partial charge in [0.1, 0.15) is 0 Å². The molecule has 1 amide bonds. The number of thioether (sulfide) groups is 1. The minimum absolute atomic E-state index is 0.0207. The summed E-state index contributed by atoms with van der Waals surface area (Å²) in [5, 5.41) is 61.8. The van der Waals surface area contributed by atoms with Gasteiger partial charge in [-0.3, -0.25) is 9.59 Å². The molecular formula is C55H90B4N2O8S. The Morgan fingerprint density at radius 3 is 1.61 bits per heavy atom. The van der Waals surface area contributed by atoms with Crippen molar-refractivity contribution in [1.29, 1.82) is 0 Å². The summed E-state index contributed by atoms with van der Waals surface area (Å²) < 4.78 is 0. The van der Waals surface area contributed by atoms with Gasteiger partial charge in [-0.2, -0.15) is 11.8 Å². The van der Waals surface area contributed by atoms with E-state index in [1.165, 1.54) is 56.0 Å². The molecule has 0 aromatic heterocycles. The second kappa shape index (κ2) is 32.5. The molecule has 2 heterocycles. The maximum absolute atomic E-state index is 11.6. The van der Waals surface area contributed by atoms with Crippen LogP contribution in [-0.4, -0.2) is 93.0 Å². The fraction of sp³-hybridized carbons (Fsp3) is 0.564. The SMILES string of the molecule is C=C1CC2C(CSC2C(C)(C)C)N1.CB(O)c1ccc(C(=O)C(C)C)cc1.CB(O)c1ccc(C(=O)NC(C)C)cc1.CC.CC(C)C1CC/C=C/CCC1.CC(C)c1cc(B(O)O)cc(B(O)O)c1. The molecule has 2 fully saturated rings. The number of amides is 1. The molecule has 4 atom stereocenters. The number of nitrogens with one attached hydrogen (secondary N) is 2. The number of hydrogen-bond donors (Lipinski definition) is 8. The number of carbonyl (C=O) groups excluding carboxylic acids is 2. The lowest BCUT2D eigenvalue weighted by Gasteiger charge is -2.30. The molecule has 2 aliphatic heterocycles. The molecule has 0 bridgehead atoms. The second-order valence-corrected chi connectivity index (χ2v) is 22.1. The van der Waals surface area contributed by atoms with E-state index in [-0.39, 0.29) is 40.5 Å². The van der Waals surface area contributed by atoms with Crippen LogP contribution in [0.3, 0.4) is 0 Å². The van der Waals surface area contributed by atoms with Crippen LogP contribution in [0.15, 0.2) is 91.2 Å². The number of benzene rings is 3. The van der Waals surface area contributed by atoms with Crippen molar-refractivity contribution in [2.24, 2.45) is 29.1 Å². The quantitative estimate of drug-likeness (QED) is 0.0573. The Labute approximate surface area is 429 Å². The van der Waals surface area contributed by atoms with Crippen LogP contribution in [0.2, 0.25) is 13.6 Å². The molecule has 4 unspecified atom stereocenters. The molecule has 0 saturated carbocycles. The molecule has 0 radical (unpaired) electrons. The lowest BCUT2D eigenvalue weighted by atomic mass is 9.64. The van der Waals surface area contributed by atoms with Crippen molar-refractivity contribution >= 4 is 73.4 Å². The van der Waals surface area contributed by atoms with Gasteiger partial charge in [-0.25, -0.2) is 0 Å². The van der Waals surface area contributed by atoms with Crippen molar-refractivity contribution < 1.29 is 39.7 Å². The summed E-state index contributed by atoms with van der Waals surface area (Å²) >= 11 is 2.14. The van der Waals surface area contributed by atoms with Crippen molar-refractivity contribution in [2.45, 2.75) is 165 Å². The first-order valence-corrected chi connectivity index (χ1v) is 26.8. The predicted octanol–water partition coefficient (Wildman–Crippen LogP) is 7.61. The Kier molecular flexibility index (Phi) is 29.9. The minimum Gasteiger partial charge on any atom is -0.447 e. The van der Waals surface area contributed by atoms with E-state index in [0.29, 0.717) is 22.6 Å². The fourth-order valence-corrected chi connectivity index (χ4v) is 10.0. The van der Waals surface area contributed by atoms with Gasteiger partial charge in [0.15, 0.2) is 5.78 Å². The van der Waals surface area contributed by atoms with Crippen LogP contribution < -0.4 is 32.5 Å². The molecule has 3 aromatic carbocycles. The van der Waals surface area contributed by atoms with E-state index in [0.717, 1.165) is 39.5 Å². The van der Waals surface area contributed by atoms with Crippen LogP contribution in [-0.2, 0) is 0 Å². The molecule has 10 nitrogen and oxygen atoms in total. The normalized spacial score (nSPS) is 18.5. The molecular weight excluding hydrogens is 892 g/mol. The highest BCUT2D eigenvalue weighted by molar-refractivity contribution is 8.00. The first-order chi connectivity index (χ1) is 32.7. The van der Waals surface area contributed by atoms with Gasteiger partial charge in [0.05, 0.1) is 0 Å². The zero-order valence-corrected chi connectivity index (χ0v) is 46.3. The van der Waals surface area contributed by atoms with Gasteiger partial charge in [0, 0.05) is 45.8 Å². The highest BCUT2D eigenvalue weighted by atomic mass is 32.2. The molecule has 70 heavy (non-hydrogen) atoms. The maximum atomic E-state index is 11.6. The van der Waals surface area contributed by atoms with E-state index in [1.807, 2.05) is 55.4 Å². The standard InChI is InChI=1S/C11H16BNO2.C11H15BO2.C11H19NS.C11H20.C9H14B2O4.C2H6/c1-8(2)13-11(14)9-4-6-10(7-5-9)12(3)15;1-8(2)11(13)9-4-6-10(7-5-9)12(3)14;1-7-5-8-9(12-7)6-13-10(8)11(2,3)4;1-10(2)11-8-6-4-3-5-7-9-11;1-6(2)7-3-8(10(12)13)5-9(4-7)11(14)15;1-2/h4-8,15H,1-3H3,(H,13,14);4-8,14H,1-3H3;8-10,12H,1,5-6H2,2-4H3;3-4,10-11H,5-9H2,1-2H3;3-6,12-15H,1-2H3;1-2H3/b;;;4-3+;;. The highest BCUT2D eigenvalue weighted by Gasteiger charge is 2.45. The molecule has 1 aliphatic carbocycles. The zero-order valence-electron chi connectivity index (χ0n) is 45.5. The van der Waals surface area contributed by atoms with E-state index in [4.69, 9.17) is 20.1 Å². The summed E-state index contributed by atoms with van der Waals surface area (Å²) in [7, 11) is -3.19. The van der Waals surface area contributed by atoms with Crippen molar-refractivity contribution in [2.75, 3.05) is 5.75 Å². The van der Waals surface area contributed by atoms with Crippen molar-refractivity contribution in [3.05, 3.63) is 108 Å². The monoisotopic (exact) mass is 983 g/mol. The maximum Gasteiger partial charge on any atom is 0.488 e. The zero-order chi connectivity index (χ0) is 53.5. The number of ketones is 1. The van der Waals surface area contributed by atoms with Crippen LogP contribution in [0.4, 0.5) is 0 Å². The molecule has 2 saturated heterocycles. The Morgan fingerprint density at radius 2 is 1.20 bits per heavy atom. The lowest BCUT2D eigenvalue weighted by Crippen LogP contribution is -2.38. The number of fused-ring (bicyclic) bond motifs is 1. The number of rotatable bonds is 10. The van der Waals surface area contributed by atoms with E-state index in [2.05, 4.69) is 75.7 Å². The van der Waals surface area contributed by atoms with Crippen LogP contribution in [0.5, 0.6) is 0 Å².